The van der Waals surface area contributed by atoms with Gasteiger partial charge in [-0.1, -0.05) is 11.6 Å². The first-order chi connectivity index (χ1) is 13.0. The number of Topliss-reactive ketones (excluding diaryl/α,β-unsaturated/α-hetero) is 1. The van der Waals surface area contributed by atoms with Gasteiger partial charge in [0, 0.05) is 18.8 Å². The van der Waals surface area contributed by atoms with Gasteiger partial charge in [0.2, 0.25) is 5.75 Å². The van der Waals surface area contributed by atoms with Gasteiger partial charge in [0.05, 0.1) is 36.3 Å². The molecule has 27 heavy (non-hydrogen) atoms. The second kappa shape index (κ2) is 7.02. The number of methoxy groups -OCH3 is 1. The van der Waals surface area contributed by atoms with Crippen molar-refractivity contribution >= 4 is 17.4 Å². The molecule has 0 saturated carbocycles. The fourth-order valence-electron chi connectivity index (χ4n) is 3.29. The Bertz CT molecular complexity index is 874. The van der Waals surface area contributed by atoms with E-state index in [4.69, 9.17) is 30.5 Å². The largest absolute Gasteiger partial charge is 0.493 e. The normalized spacial score (nSPS) is 17.1. The van der Waals surface area contributed by atoms with E-state index in [1.807, 2.05) is 6.92 Å². The number of hydrogen-bond donors (Lipinski definition) is 0. The molecule has 2 aliphatic heterocycles. The van der Waals surface area contributed by atoms with Gasteiger partial charge in [0.1, 0.15) is 13.2 Å². The molecule has 0 atom stereocenters. The van der Waals surface area contributed by atoms with Gasteiger partial charge in [-0.3, -0.25) is 9.78 Å². The molecule has 0 unspecified atom stereocenters. The van der Waals surface area contributed by atoms with E-state index in [0.717, 1.165) is 11.1 Å². The quantitative estimate of drug-likeness (QED) is 0.748. The first-order valence-electron chi connectivity index (χ1n) is 8.69. The van der Waals surface area contributed by atoms with Crippen molar-refractivity contribution in [3.63, 3.8) is 0 Å². The Hall–Kier alpha value is -2.31. The Balaban J connectivity index is 1.68. The van der Waals surface area contributed by atoms with Gasteiger partial charge in [-0.15, -0.1) is 0 Å². The van der Waals surface area contributed by atoms with E-state index in [0.29, 0.717) is 54.3 Å². The van der Waals surface area contributed by atoms with Crippen molar-refractivity contribution in [2.45, 2.75) is 13.3 Å². The van der Waals surface area contributed by atoms with Crippen molar-refractivity contribution in [2.75, 3.05) is 33.5 Å². The fourth-order valence-corrected chi connectivity index (χ4v) is 3.57. The molecule has 6 nitrogen and oxygen atoms in total. The summed E-state index contributed by atoms with van der Waals surface area (Å²) in [5.74, 6) is 1.32. The topological polar surface area (TPSA) is 66.9 Å². The standard InChI is InChI=1S/C20H20ClNO5/c1-12-6-22-7-15(21)14(12)5-16(23)13-3-4-17(24-2)19-18(13)26-10-20(11-27-19)8-25-9-20/h3-4,6-7H,5,8-11H2,1-2H3. The van der Waals surface area contributed by atoms with Gasteiger partial charge in [0.25, 0.3) is 0 Å². The third-order valence-electron chi connectivity index (χ3n) is 5.02. The highest BCUT2D eigenvalue weighted by atomic mass is 35.5. The summed E-state index contributed by atoms with van der Waals surface area (Å²) in [7, 11) is 1.56. The van der Waals surface area contributed by atoms with E-state index in [2.05, 4.69) is 4.98 Å². The molecule has 1 spiro atoms. The maximum atomic E-state index is 13.1. The van der Waals surface area contributed by atoms with Crippen LogP contribution in [-0.4, -0.2) is 44.3 Å². The summed E-state index contributed by atoms with van der Waals surface area (Å²) >= 11 is 6.24. The molecular weight excluding hydrogens is 370 g/mol. The molecule has 1 saturated heterocycles. The Morgan fingerprint density at radius 1 is 1.19 bits per heavy atom. The lowest BCUT2D eigenvalue weighted by Gasteiger charge is -2.38. The van der Waals surface area contributed by atoms with Crippen LogP contribution < -0.4 is 14.2 Å². The van der Waals surface area contributed by atoms with Crippen LogP contribution in [0.3, 0.4) is 0 Å². The highest BCUT2D eigenvalue weighted by molar-refractivity contribution is 6.31. The zero-order valence-electron chi connectivity index (χ0n) is 15.2. The average Bonchev–Trinajstić information content (AvgIpc) is 2.84. The van der Waals surface area contributed by atoms with Gasteiger partial charge >= 0.3 is 0 Å². The lowest BCUT2D eigenvalue weighted by molar-refractivity contribution is -0.143. The lowest BCUT2D eigenvalue weighted by atomic mass is 9.88. The van der Waals surface area contributed by atoms with Crippen molar-refractivity contribution < 1.29 is 23.7 Å². The highest BCUT2D eigenvalue weighted by Crippen LogP contribution is 2.45. The first-order valence-corrected chi connectivity index (χ1v) is 9.07. The van der Waals surface area contributed by atoms with E-state index in [1.54, 1.807) is 31.6 Å². The summed E-state index contributed by atoms with van der Waals surface area (Å²) in [5.41, 5.74) is 1.92. The van der Waals surface area contributed by atoms with Crippen molar-refractivity contribution in [3.05, 3.63) is 46.2 Å². The Morgan fingerprint density at radius 3 is 2.56 bits per heavy atom. The summed E-state index contributed by atoms with van der Waals surface area (Å²) < 4.78 is 22.8. The predicted molar refractivity (Wildman–Crippen MR) is 99.3 cm³/mol. The van der Waals surface area contributed by atoms with Crippen molar-refractivity contribution in [1.82, 2.24) is 4.98 Å². The second-order valence-electron chi connectivity index (χ2n) is 7.06. The second-order valence-corrected chi connectivity index (χ2v) is 7.47. The number of pyridine rings is 1. The number of hydrogen-bond acceptors (Lipinski definition) is 6. The summed E-state index contributed by atoms with van der Waals surface area (Å²) in [5, 5.41) is 0.477. The molecule has 0 N–H and O–H groups in total. The first kappa shape index (κ1) is 18.1. The average molecular weight is 390 g/mol. The van der Waals surface area contributed by atoms with Crippen LogP contribution in [0.2, 0.25) is 5.02 Å². The molecular formula is C20H20ClNO5. The third kappa shape index (κ3) is 3.24. The molecule has 2 aromatic rings. The minimum Gasteiger partial charge on any atom is -0.493 e. The van der Waals surface area contributed by atoms with Gasteiger partial charge in [-0.05, 0) is 30.2 Å². The molecule has 3 heterocycles. The van der Waals surface area contributed by atoms with E-state index in [-0.39, 0.29) is 17.6 Å². The third-order valence-corrected chi connectivity index (χ3v) is 5.34. The highest BCUT2D eigenvalue weighted by Gasteiger charge is 2.43. The molecule has 142 valence electrons. The summed E-state index contributed by atoms with van der Waals surface area (Å²) in [4.78, 5) is 17.1. The van der Waals surface area contributed by atoms with Crippen LogP contribution in [0.1, 0.15) is 21.5 Å². The number of aryl methyl sites for hydroxylation is 1. The number of carbonyl (C=O) groups is 1. The van der Waals surface area contributed by atoms with E-state index >= 15 is 0 Å². The van der Waals surface area contributed by atoms with Crippen LogP contribution in [-0.2, 0) is 11.2 Å². The van der Waals surface area contributed by atoms with Gasteiger partial charge < -0.3 is 18.9 Å². The van der Waals surface area contributed by atoms with Crippen LogP contribution in [0.4, 0.5) is 0 Å². The molecule has 0 radical (unpaired) electrons. The Morgan fingerprint density at radius 2 is 1.93 bits per heavy atom. The van der Waals surface area contributed by atoms with Crippen LogP contribution in [0, 0.1) is 12.3 Å². The van der Waals surface area contributed by atoms with Crippen molar-refractivity contribution in [1.29, 1.82) is 0 Å². The number of carbonyl (C=O) groups excluding carboxylic acids is 1. The number of rotatable bonds is 4. The minimum absolute atomic E-state index is 0.102. The monoisotopic (exact) mass is 389 g/mol. The SMILES string of the molecule is COc1ccc(C(=O)Cc2c(C)cncc2Cl)c2c1OCC1(COC1)CO2. The van der Waals surface area contributed by atoms with E-state index < -0.39 is 0 Å². The van der Waals surface area contributed by atoms with E-state index in [9.17, 15) is 4.79 Å². The summed E-state index contributed by atoms with van der Waals surface area (Å²) in [6, 6.07) is 3.44. The zero-order chi connectivity index (χ0) is 19.0. The number of ketones is 1. The molecule has 0 amide bonds. The molecule has 7 heteroatoms. The lowest BCUT2D eigenvalue weighted by Crippen LogP contribution is -2.50. The van der Waals surface area contributed by atoms with Gasteiger partial charge in [-0.2, -0.15) is 0 Å². The summed E-state index contributed by atoms with van der Waals surface area (Å²) in [6.45, 7) is 3.94. The van der Waals surface area contributed by atoms with Crippen molar-refractivity contribution in [3.8, 4) is 17.2 Å². The summed E-state index contributed by atoms with van der Waals surface area (Å²) in [6.07, 6.45) is 3.40. The van der Waals surface area contributed by atoms with Crippen LogP contribution in [0.5, 0.6) is 17.2 Å². The predicted octanol–water partition coefficient (Wildman–Crippen LogP) is 3.27. The molecule has 2 aliphatic rings. The molecule has 1 fully saturated rings. The van der Waals surface area contributed by atoms with Crippen LogP contribution in [0.15, 0.2) is 24.5 Å². The Labute approximate surface area is 162 Å². The Kier molecular flexibility index (Phi) is 4.70. The molecule has 1 aromatic carbocycles. The number of ether oxygens (including phenoxy) is 4. The van der Waals surface area contributed by atoms with Crippen LogP contribution in [0.25, 0.3) is 0 Å². The van der Waals surface area contributed by atoms with Gasteiger partial charge in [-0.25, -0.2) is 0 Å². The van der Waals surface area contributed by atoms with Gasteiger partial charge in [0.15, 0.2) is 17.3 Å². The number of fused-ring (bicyclic) bond motifs is 1. The molecule has 0 aliphatic carbocycles. The molecule has 0 bridgehead atoms. The maximum Gasteiger partial charge on any atom is 0.204 e. The number of nitrogens with zero attached hydrogens (tertiary/aromatic N) is 1. The van der Waals surface area contributed by atoms with Crippen LogP contribution >= 0.6 is 11.6 Å². The van der Waals surface area contributed by atoms with E-state index in [1.165, 1.54) is 0 Å². The minimum atomic E-state index is -0.171. The van der Waals surface area contributed by atoms with Crippen molar-refractivity contribution in [2.24, 2.45) is 5.41 Å². The maximum absolute atomic E-state index is 13.1. The number of aromatic nitrogens is 1. The molecule has 1 aromatic heterocycles. The zero-order valence-corrected chi connectivity index (χ0v) is 16.0. The number of halogens is 1. The smallest absolute Gasteiger partial charge is 0.204 e. The fraction of sp³-hybridized carbons (Fsp3) is 0.400. The number of benzene rings is 1. The molecule has 4 rings (SSSR count).